The SMILES string of the molecule is CC1(O)C=CC=C(CCC(C2=CC=CC(C)(O)C2O)C2=CC=CC(C)(O)C2O)C1O. The van der Waals surface area contributed by atoms with Crippen molar-refractivity contribution >= 4 is 0 Å². The van der Waals surface area contributed by atoms with E-state index in [2.05, 4.69) is 0 Å². The van der Waals surface area contributed by atoms with Gasteiger partial charge in [-0.25, -0.2) is 0 Å². The first-order valence-corrected chi connectivity index (χ1v) is 10.2. The zero-order valence-electron chi connectivity index (χ0n) is 17.6. The summed E-state index contributed by atoms with van der Waals surface area (Å²) < 4.78 is 0. The normalized spacial score (nSPS) is 41.9. The average Bonchev–Trinajstić information content (AvgIpc) is 2.65. The second-order valence-electron chi connectivity index (χ2n) is 9.13. The van der Waals surface area contributed by atoms with Gasteiger partial charge >= 0.3 is 0 Å². The number of hydrogen-bond donors (Lipinski definition) is 6. The van der Waals surface area contributed by atoms with Gasteiger partial charge in [0.2, 0.25) is 0 Å². The van der Waals surface area contributed by atoms with E-state index >= 15 is 0 Å². The van der Waals surface area contributed by atoms with E-state index in [0.29, 0.717) is 29.6 Å². The molecule has 0 aromatic carbocycles. The van der Waals surface area contributed by atoms with E-state index in [9.17, 15) is 30.6 Å². The molecule has 0 aliphatic heterocycles. The van der Waals surface area contributed by atoms with E-state index in [-0.39, 0.29) is 0 Å². The van der Waals surface area contributed by atoms with Crippen molar-refractivity contribution in [3.63, 3.8) is 0 Å². The number of hydrogen-bond acceptors (Lipinski definition) is 6. The Balaban J connectivity index is 1.94. The lowest BCUT2D eigenvalue weighted by Crippen LogP contribution is -2.46. The summed E-state index contributed by atoms with van der Waals surface area (Å²) in [5, 5.41) is 63.5. The van der Waals surface area contributed by atoms with Crippen molar-refractivity contribution in [3.05, 3.63) is 71.4 Å². The number of allylic oxidation sites excluding steroid dienone is 6. The molecule has 0 bridgehead atoms. The van der Waals surface area contributed by atoms with Gasteiger partial charge in [-0.15, -0.1) is 0 Å². The zero-order valence-corrected chi connectivity index (χ0v) is 17.6. The lowest BCUT2D eigenvalue weighted by molar-refractivity contribution is -0.0222. The van der Waals surface area contributed by atoms with Gasteiger partial charge in [0.05, 0.1) is 0 Å². The van der Waals surface area contributed by atoms with Crippen LogP contribution < -0.4 is 0 Å². The largest absolute Gasteiger partial charge is 0.385 e. The Morgan fingerprint density at radius 1 is 0.700 bits per heavy atom. The Morgan fingerprint density at radius 3 is 1.57 bits per heavy atom. The molecule has 0 spiro atoms. The smallest absolute Gasteiger partial charge is 0.110 e. The van der Waals surface area contributed by atoms with Crippen molar-refractivity contribution in [2.45, 2.75) is 68.7 Å². The minimum Gasteiger partial charge on any atom is -0.385 e. The first-order chi connectivity index (χ1) is 13.9. The fourth-order valence-electron chi connectivity index (χ4n) is 4.34. The number of aliphatic hydroxyl groups excluding tert-OH is 3. The van der Waals surface area contributed by atoms with Crippen LogP contribution in [0.1, 0.15) is 33.6 Å². The third-order valence-corrected chi connectivity index (χ3v) is 6.36. The lowest BCUT2D eigenvalue weighted by atomic mass is 9.71. The van der Waals surface area contributed by atoms with Gasteiger partial charge in [0.1, 0.15) is 35.1 Å². The fraction of sp³-hybridized carbons (Fsp3) is 0.500. The highest BCUT2D eigenvalue weighted by atomic mass is 16.3. The maximum absolute atomic E-state index is 10.8. The van der Waals surface area contributed by atoms with Gasteiger partial charge in [0.15, 0.2) is 0 Å². The number of aliphatic hydroxyl groups is 6. The molecule has 6 nitrogen and oxygen atoms in total. The average molecular weight is 417 g/mol. The monoisotopic (exact) mass is 416 g/mol. The van der Waals surface area contributed by atoms with Crippen molar-refractivity contribution in [2.75, 3.05) is 0 Å². The minimum absolute atomic E-state index is 0.387. The summed E-state index contributed by atoms with van der Waals surface area (Å²) in [6.07, 6.45) is 12.1. The maximum Gasteiger partial charge on any atom is 0.110 e. The van der Waals surface area contributed by atoms with Gasteiger partial charge in [-0.05, 0) is 50.3 Å². The van der Waals surface area contributed by atoms with E-state index in [0.717, 1.165) is 0 Å². The van der Waals surface area contributed by atoms with Crippen LogP contribution in [0.25, 0.3) is 0 Å². The predicted molar refractivity (Wildman–Crippen MR) is 114 cm³/mol. The summed E-state index contributed by atoms with van der Waals surface area (Å²) in [7, 11) is 0. The molecule has 0 saturated carbocycles. The summed E-state index contributed by atoms with van der Waals surface area (Å²) >= 11 is 0. The van der Waals surface area contributed by atoms with E-state index in [1.807, 2.05) is 0 Å². The van der Waals surface area contributed by atoms with Crippen LogP contribution in [0, 0.1) is 5.92 Å². The van der Waals surface area contributed by atoms with Crippen molar-refractivity contribution < 1.29 is 30.6 Å². The van der Waals surface area contributed by atoms with Gasteiger partial charge in [-0.1, -0.05) is 54.7 Å². The molecule has 6 atom stereocenters. The molecular formula is C24H32O6. The van der Waals surface area contributed by atoms with Gasteiger partial charge in [0, 0.05) is 5.92 Å². The molecule has 6 heteroatoms. The molecule has 0 amide bonds. The fourth-order valence-corrected chi connectivity index (χ4v) is 4.34. The molecule has 0 aromatic rings. The van der Waals surface area contributed by atoms with Crippen LogP contribution in [0.15, 0.2) is 71.4 Å². The highest BCUT2D eigenvalue weighted by Gasteiger charge is 2.42. The Morgan fingerprint density at radius 2 is 1.10 bits per heavy atom. The Hall–Kier alpha value is -1.80. The van der Waals surface area contributed by atoms with E-state index in [4.69, 9.17) is 0 Å². The summed E-state index contributed by atoms with van der Waals surface area (Å²) in [6.45, 7) is 4.55. The van der Waals surface area contributed by atoms with E-state index in [1.165, 1.54) is 39.0 Å². The van der Waals surface area contributed by atoms with Crippen LogP contribution in [-0.2, 0) is 0 Å². The maximum atomic E-state index is 10.8. The molecule has 3 rings (SSSR count). The van der Waals surface area contributed by atoms with Crippen LogP contribution in [0.4, 0.5) is 0 Å². The molecule has 0 heterocycles. The standard InChI is InChI=1S/C24H32O6/c1-22(28)12-4-7-15(19(22)25)10-11-16(17-8-5-13-23(2,29)20(17)26)18-9-6-14-24(3,30)21(18)27/h4-9,12-14,16,19-21,25-30H,10-11H2,1-3H3. The molecule has 3 aliphatic rings. The third kappa shape index (κ3) is 4.30. The van der Waals surface area contributed by atoms with Crippen molar-refractivity contribution in [2.24, 2.45) is 5.92 Å². The van der Waals surface area contributed by atoms with Gasteiger partial charge in [-0.2, -0.15) is 0 Å². The Labute approximate surface area is 177 Å². The van der Waals surface area contributed by atoms with Crippen molar-refractivity contribution in [3.8, 4) is 0 Å². The van der Waals surface area contributed by atoms with Crippen LogP contribution in [0.2, 0.25) is 0 Å². The van der Waals surface area contributed by atoms with Crippen LogP contribution >= 0.6 is 0 Å². The summed E-state index contributed by atoms with van der Waals surface area (Å²) in [6, 6.07) is 0. The summed E-state index contributed by atoms with van der Waals surface area (Å²) in [5.74, 6) is -0.494. The first-order valence-electron chi connectivity index (χ1n) is 10.2. The van der Waals surface area contributed by atoms with Crippen molar-refractivity contribution in [1.82, 2.24) is 0 Å². The van der Waals surface area contributed by atoms with Crippen molar-refractivity contribution in [1.29, 1.82) is 0 Å². The molecule has 164 valence electrons. The Kier molecular flexibility index (Phi) is 6.13. The third-order valence-electron chi connectivity index (χ3n) is 6.36. The van der Waals surface area contributed by atoms with Gasteiger partial charge in [0.25, 0.3) is 0 Å². The zero-order chi connectivity index (χ0) is 22.3. The second kappa shape index (κ2) is 8.04. The van der Waals surface area contributed by atoms with Crippen LogP contribution in [0.5, 0.6) is 0 Å². The van der Waals surface area contributed by atoms with Gasteiger partial charge < -0.3 is 30.6 Å². The van der Waals surface area contributed by atoms with E-state index in [1.54, 1.807) is 36.5 Å². The molecule has 0 aromatic heterocycles. The molecule has 0 fully saturated rings. The molecule has 3 aliphatic carbocycles. The highest BCUT2D eigenvalue weighted by molar-refractivity contribution is 5.41. The minimum atomic E-state index is -1.46. The molecule has 0 saturated heterocycles. The highest BCUT2D eigenvalue weighted by Crippen LogP contribution is 2.40. The summed E-state index contributed by atoms with van der Waals surface area (Å²) in [5.41, 5.74) is -2.62. The quantitative estimate of drug-likeness (QED) is 0.401. The molecule has 30 heavy (non-hydrogen) atoms. The van der Waals surface area contributed by atoms with E-state index < -0.39 is 41.0 Å². The first kappa shape index (κ1) is 22.9. The van der Waals surface area contributed by atoms with Crippen LogP contribution in [-0.4, -0.2) is 65.8 Å². The molecule has 0 radical (unpaired) electrons. The molecular weight excluding hydrogens is 384 g/mol. The lowest BCUT2D eigenvalue weighted by Gasteiger charge is -2.40. The second-order valence-corrected chi connectivity index (χ2v) is 9.13. The molecule has 6 unspecified atom stereocenters. The summed E-state index contributed by atoms with van der Waals surface area (Å²) in [4.78, 5) is 0. The number of rotatable bonds is 5. The molecule has 6 N–H and O–H groups in total. The topological polar surface area (TPSA) is 121 Å². The predicted octanol–water partition coefficient (Wildman–Crippen LogP) is 1.21. The van der Waals surface area contributed by atoms with Crippen LogP contribution in [0.3, 0.4) is 0 Å². The Bertz CT molecular complexity index is 807. The van der Waals surface area contributed by atoms with Gasteiger partial charge in [-0.3, -0.25) is 0 Å².